The van der Waals surface area contributed by atoms with Crippen molar-refractivity contribution in [2.75, 3.05) is 11.9 Å². The lowest BCUT2D eigenvalue weighted by molar-refractivity contribution is -0.116. The number of carbonyl (C=O) groups is 1. The molecule has 0 radical (unpaired) electrons. The van der Waals surface area contributed by atoms with Crippen LogP contribution in [0.5, 0.6) is 0 Å². The van der Waals surface area contributed by atoms with Crippen molar-refractivity contribution in [3.05, 3.63) is 66.2 Å². The van der Waals surface area contributed by atoms with Crippen LogP contribution in [0, 0.1) is 0 Å². The molecule has 8 nitrogen and oxygen atoms in total. The Kier molecular flexibility index (Phi) is 5.91. The summed E-state index contributed by atoms with van der Waals surface area (Å²) < 4.78 is 29.2. The normalized spacial score (nSPS) is 13.6. The van der Waals surface area contributed by atoms with Crippen molar-refractivity contribution in [3.63, 3.8) is 0 Å². The summed E-state index contributed by atoms with van der Waals surface area (Å²) in [6, 6.07) is 12.4. The van der Waals surface area contributed by atoms with E-state index in [0.29, 0.717) is 5.69 Å². The summed E-state index contributed by atoms with van der Waals surface area (Å²) in [5.41, 5.74) is 3.79. The van der Waals surface area contributed by atoms with Crippen LogP contribution >= 0.6 is 0 Å². The molecule has 0 unspecified atom stereocenters. The first-order valence-corrected chi connectivity index (χ1v) is 11.4. The SMILES string of the molecule is O=C(CCNS(=O)(=O)c1ccc2c(c1)CCCC2)Nc1ccc(-n2cncn2)cc1. The first kappa shape index (κ1) is 20.2. The number of fused-ring (bicyclic) bond motifs is 1. The second kappa shape index (κ2) is 8.76. The van der Waals surface area contributed by atoms with Gasteiger partial charge in [0.1, 0.15) is 12.7 Å². The third kappa shape index (κ3) is 4.74. The molecule has 0 spiro atoms. The van der Waals surface area contributed by atoms with Crippen molar-refractivity contribution in [1.29, 1.82) is 0 Å². The van der Waals surface area contributed by atoms with E-state index in [1.165, 1.54) is 11.9 Å². The van der Waals surface area contributed by atoms with Gasteiger partial charge in [-0.2, -0.15) is 5.10 Å². The Morgan fingerprint density at radius 2 is 1.80 bits per heavy atom. The maximum Gasteiger partial charge on any atom is 0.240 e. The second-order valence-corrected chi connectivity index (χ2v) is 8.99. The van der Waals surface area contributed by atoms with Gasteiger partial charge in [0.2, 0.25) is 15.9 Å². The zero-order valence-corrected chi connectivity index (χ0v) is 17.2. The average Bonchev–Trinajstić information content (AvgIpc) is 3.29. The summed E-state index contributed by atoms with van der Waals surface area (Å²) in [6.07, 6.45) is 7.22. The lowest BCUT2D eigenvalue weighted by Gasteiger charge is -2.16. The second-order valence-electron chi connectivity index (χ2n) is 7.22. The molecule has 0 bridgehead atoms. The molecule has 156 valence electrons. The molecular weight excluding hydrogens is 402 g/mol. The smallest absolute Gasteiger partial charge is 0.240 e. The summed E-state index contributed by atoms with van der Waals surface area (Å²) in [6.45, 7) is 0.0301. The minimum atomic E-state index is -3.64. The van der Waals surface area contributed by atoms with Gasteiger partial charge in [-0.3, -0.25) is 4.79 Å². The van der Waals surface area contributed by atoms with Crippen LogP contribution in [-0.4, -0.2) is 35.6 Å². The Bertz CT molecular complexity index is 1130. The predicted molar refractivity (Wildman–Crippen MR) is 113 cm³/mol. The number of sulfonamides is 1. The Morgan fingerprint density at radius 1 is 1.03 bits per heavy atom. The standard InChI is InChI=1S/C21H23N5O3S/c27-21(25-18-6-8-19(9-7-18)26-15-22-14-23-26)11-12-24-30(28,29)20-10-5-16-3-1-2-4-17(16)13-20/h5-10,13-15,24H,1-4,11-12H2,(H,25,27). The molecule has 0 aliphatic heterocycles. The molecule has 2 aromatic carbocycles. The highest BCUT2D eigenvalue weighted by molar-refractivity contribution is 7.89. The molecule has 2 N–H and O–H groups in total. The van der Waals surface area contributed by atoms with Crippen LogP contribution in [0.2, 0.25) is 0 Å². The summed E-state index contributed by atoms with van der Waals surface area (Å²) >= 11 is 0. The van der Waals surface area contributed by atoms with Gasteiger partial charge in [0, 0.05) is 18.7 Å². The third-order valence-corrected chi connectivity index (χ3v) is 6.57. The molecule has 9 heteroatoms. The van der Waals surface area contributed by atoms with Crippen molar-refractivity contribution in [3.8, 4) is 5.69 Å². The van der Waals surface area contributed by atoms with Gasteiger partial charge in [0.25, 0.3) is 0 Å². The minimum absolute atomic E-state index is 0.0301. The Hall–Kier alpha value is -3.04. The van der Waals surface area contributed by atoms with Gasteiger partial charge in [-0.25, -0.2) is 22.8 Å². The number of hydrogen-bond acceptors (Lipinski definition) is 5. The largest absolute Gasteiger partial charge is 0.326 e. The maximum absolute atomic E-state index is 12.6. The Morgan fingerprint density at radius 3 is 2.53 bits per heavy atom. The maximum atomic E-state index is 12.6. The summed E-state index contributed by atoms with van der Waals surface area (Å²) in [7, 11) is -3.64. The molecule has 4 rings (SSSR count). The van der Waals surface area contributed by atoms with E-state index < -0.39 is 10.0 Å². The van der Waals surface area contributed by atoms with Crippen LogP contribution in [-0.2, 0) is 27.7 Å². The third-order valence-electron chi connectivity index (χ3n) is 5.11. The topological polar surface area (TPSA) is 106 Å². The number of anilines is 1. The molecule has 0 fully saturated rings. The van der Waals surface area contributed by atoms with E-state index in [1.807, 2.05) is 18.2 Å². The number of benzene rings is 2. The number of aryl methyl sites for hydroxylation is 2. The van der Waals surface area contributed by atoms with Crippen molar-refractivity contribution < 1.29 is 13.2 Å². The van der Waals surface area contributed by atoms with Crippen LogP contribution < -0.4 is 10.0 Å². The summed E-state index contributed by atoms with van der Waals surface area (Å²) in [5.74, 6) is -0.267. The van der Waals surface area contributed by atoms with Gasteiger partial charge in [-0.15, -0.1) is 0 Å². The lowest BCUT2D eigenvalue weighted by atomic mass is 9.92. The fourth-order valence-electron chi connectivity index (χ4n) is 3.52. The molecule has 30 heavy (non-hydrogen) atoms. The van der Waals surface area contributed by atoms with E-state index in [4.69, 9.17) is 0 Å². The van der Waals surface area contributed by atoms with E-state index in [2.05, 4.69) is 20.1 Å². The van der Waals surface area contributed by atoms with Gasteiger partial charge in [0.15, 0.2) is 0 Å². The van der Waals surface area contributed by atoms with Gasteiger partial charge < -0.3 is 5.32 Å². The van der Waals surface area contributed by atoms with E-state index in [-0.39, 0.29) is 23.8 Å². The molecule has 0 saturated carbocycles. The first-order valence-electron chi connectivity index (χ1n) is 9.88. The monoisotopic (exact) mass is 425 g/mol. The minimum Gasteiger partial charge on any atom is -0.326 e. The zero-order valence-electron chi connectivity index (χ0n) is 16.4. The molecular formula is C21H23N5O3S. The van der Waals surface area contributed by atoms with Gasteiger partial charge in [-0.1, -0.05) is 6.07 Å². The van der Waals surface area contributed by atoms with Gasteiger partial charge in [-0.05, 0) is 73.2 Å². The molecule has 1 aliphatic rings. The highest BCUT2D eigenvalue weighted by Crippen LogP contribution is 2.24. The average molecular weight is 426 g/mol. The Labute approximate surface area is 175 Å². The number of hydrogen-bond donors (Lipinski definition) is 2. The molecule has 1 aliphatic carbocycles. The van der Waals surface area contributed by atoms with E-state index in [9.17, 15) is 13.2 Å². The molecule has 1 aromatic heterocycles. The molecule has 1 heterocycles. The van der Waals surface area contributed by atoms with Gasteiger partial charge >= 0.3 is 0 Å². The number of rotatable bonds is 7. The highest BCUT2D eigenvalue weighted by atomic mass is 32.2. The fourth-order valence-corrected chi connectivity index (χ4v) is 4.60. The van der Waals surface area contributed by atoms with Crippen LogP contribution in [0.15, 0.2) is 60.0 Å². The number of carbonyl (C=O) groups excluding carboxylic acids is 1. The summed E-state index contributed by atoms with van der Waals surface area (Å²) in [5, 5.41) is 6.80. The highest BCUT2D eigenvalue weighted by Gasteiger charge is 2.17. The fraction of sp³-hybridized carbons (Fsp3) is 0.286. The van der Waals surface area contributed by atoms with Crippen molar-refractivity contribution in [2.45, 2.75) is 37.0 Å². The zero-order chi connectivity index (χ0) is 21.0. The predicted octanol–water partition coefficient (Wildman–Crippen LogP) is 2.45. The molecule has 0 saturated heterocycles. The number of nitrogens with one attached hydrogen (secondary N) is 2. The van der Waals surface area contributed by atoms with E-state index in [1.54, 1.807) is 35.3 Å². The first-order chi connectivity index (χ1) is 14.5. The van der Waals surface area contributed by atoms with Crippen LogP contribution in [0.25, 0.3) is 5.69 Å². The number of amides is 1. The van der Waals surface area contributed by atoms with E-state index >= 15 is 0 Å². The lowest BCUT2D eigenvalue weighted by Crippen LogP contribution is -2.28. The number of nitrogens with zero attached hydrogens (tertiary/aromatic N) is 3. The summed E-state index contributed by atoms with van der Waals surface area (Å²) in [4.78, 5) is 16.3. The van der Waals surface area contributed by atoms with Crippen LogP contribution in [0.3, 0.4) is 0 Å². The number of aromatic nitrogens is 3. The van der Waals surface area contributed by atoms with E-state index in [0.717, 1.165) is 36.9 Å². The van der Waals surface area contributed by atoms with Gasteiger partial charge in [0.05, 0.1) is 10.6 Å². The van der Waals surface area contributed by atoms with Crippen molar-refractivity contribution in [1.82, 2.24) is 19.5 Å². The molecule has 1 amide bonds. The van der Waals surface area contributed by atoms with Crippen molar-refractivity contribution in [2.24, 2.45) is 0 Å². The quantitative estimate of drug-likeness (QED) is 0.605. The van der Waals surface area contributed by atoms with Crippen molar-refractivity contribution >= 4 is 21.6 Å². The Balaban J connectivity index is 1.29. The molecule has 3 aromatic rings. The molecule has 0 atom stereocenters. The van der Waals surface area contributed by atoms with Crippen LogP contribution in [0.4, 0.5) is 5.69 Å². The van der Waals surface area contributed by atoms with Crippen LogP contribution in [0.1, 0.15) is 30.4 Å².